The van der Waals surface area contributed by atoms with E-state index in [1.807, 2.05) is 66.9 Å². The molecule has 0 saturated carbocycles. The van der Waals surface area contributed by atoms with Crippen LogP contribution in [-0.4, -0.2) is 39.7 Å². The molecule has 10 heteroatoms. The maximum absolute atomic E-state index is 13.1. The summed E-state index contributed by atoms with van der Waals surface area (Å²) in [5, 5.41) is 14.4. The molecule has 5 rings (SSSR count). The highest BCUT2D eigenvalue weighted by molar-refractivity contribution is 5.80. The molecule has 0 radical (unpaired) electrons. The molecule has 3 heterocycles. The molecule has 0 unspecified atom stereocenters. The number of tetrazole rings is 1. The number of imidazole rings is 1. The zero-order valence-corrected chi connectivity index (χ0v) is 18.9. The van der Waals surface area contributed by atoms with E-state index >= 15 is 0 Å². The van der Waals surface area contributed by atoms with E-state index in [2.05, 4.69) is 30.6 Å². The topological polar surface area (TPSA) is 127 Å². The summed E-state index contributed by atoms with van der Waals surface area (Å²) >= 11 is 0. The maximum atomic E-state index is 13.1. The number of hydrogen-bond donors (Lipinski definition) is 2. The van der Waals surface area contributed by atoms with Crippen molar-refractivity contribution in [2.24, 2.45) is 0 Å². The number of fused-ring (bicyclic) bond motifs is 1. The zero-order valence-electron chi connectivity index (χ0n) is 18.9. The number of aryl methyl sites for hydroxylation is 1. The van der Waals surface area contributed by atoms with E-state index < -0.39 is 5.69 Å². The van der Waals surface area contributed by atoms with Crippen LogP contribution in [0.25, 0.3) is 33.7 Å². The summed E-state index contributed by atoms with van der Waals surface area (Å²) in [6.45, 7) is 4.76. The van der Waals surface area contributed by atoms with Gasteiger partial charge in [-0.3, -0.25) is 14.3 Å². The lowest BCUT2D eigenvalue weighted by Gasteiger charge is -2.11. The maximum Gasteiger partial charge on any atom is 0.330 e. The average Bonchev–Trinajstić information content (AvgIpc) is 3.51. The van der Waals surface area contributed by atoms with Gasteiger partial charge in [0.15, 0.2) is 11.2 Å². The molecule has 0 spiro atoms. The number of nitrogens with zero attached hydrogens (tertiary/aromatic N) is 6. The van der Waals surface area contributed by atoms with Gasteiger partial charge >= 0.3 is 5.69 Å². The van der Waals surface area contributed by atoms with Crippen LogP contribution in [-0.2, 0) is 19.5 Å². The number of aromatic nitrogens is 8. The van der Waals surface area contributed by atoms with Crippen LogP contribution in [0.15, 0.2) is 58.1 Å². The average molecular weight is 457 g/mol. The number of aromatic amines is 2. The van der Waals surface area contributed by atoms with Crippen molar-refractivity contribution in [1.82, 2.24) is 39.7 Å². The van der Waals surface area contributed by atoms with Crippen LogP contribution in [0.1, 0.15) is 31.7 Å². The predicted octanol–water partition coefficient (Wildman–Crippen LogP) is 2.75. The first-order valence-electron chi connectivity index (χ1n) is 11.2. The number of H-pyrrole nitrogens is 2. The van der Waals surface area contributed by atoms with Gasteiger partial charge in [0, 0.05) is 25.1 Å². The van der Waals surface area contributed by atoms with Crippen molar-refractivity contribution in [3.8, 4) is 22.5 Å². The van der Waals surface area contributed by atoms with Crippen LogP contribution < -0.4 is 11.2 Å². The van der Waals surface area contributed by atoms with E-state index in [0.29, 0.717) is 42.9 Å². The van der Waals surface area contributed by atoms with Crippen LogP contribution in [0.2, 0.25) is 0 Å². The summed E-state index contributed by atoms with van der Waals surface area (Å²) < 4.78 is 3.15. The third-order valence-corrected chi connectivity index (χ3v) is 5.85. The molecule has 2 aromatic carbocycles. The highest BCUT2D eigenvalue weighted by Gasteiger charge is 2.17. The lowest BCUT2D eigenvalue weighted by molar-refractivity contribution is 0.618. The van der Waals surface area contributed by atoms with Crippen molar-refractivity contribution in [1.29, 1.82) is 0 Å². The number of benzene rings is 2. The molecule has 3 aromatic heterocycles. The molecule has 0 aliphatic carbocycles. The second-order valence-corrected chi connectivity index (χ2v) is 8.03. The molecule has 5 aromatic rings. The van der Waals surface area contributed by atoms with Gasteiger partial charge in [0.25, 0.3) is 5.56 Å². The molecular formula is C24H24N8O2. The highest BCUT2D eigenvalue weighted by atomic mass is 16.2. The summed E-state index contributed by atoms with van der Waals surface area (Å²) in [5.41, 5.74) is 3.96. The Kier molecular flexibility index (Phi) is 5.62. The molecule has 172 valence electrons. The lowest BCUT2D eigenvalue weighted by atomic mass is 9.98. The van der Waals surface area contributed by atoms with Crippen molar-refractivity contribution < 1.29 is 0 Å². The number of hydrogen-bond acceptors (Lipinski definition) is 6. The molecule has 0 bridgehead atoms. The Morgan fingerprint density at radius 1 is 0.941 bits per heavy atom. The SMILES string of the molecule is CCCn1c(=O)[nH]c2nc(CC)n(Cc3ccc(-c4ccccc4-c4nn[nH]n4)cc3)c2c1=O. The van der Waals surface area contributed by atoms with Crippen LogP contribution in [0.3, 0.4) is 0 Å². The highest BCUT2D eigenvalue weighted by Crippen LogP contribution is 2.30. The van der Waals surface area contributed by atoms with Crippen LogP contribution in [0.5, 0.6) is 0 Å². The van der Waals surface area contributed by atoms with E-state index in [1.165, 1.54) is 4.57 Å². The molecule has 10 nitrogen and oxygen atoms in total. The lowest BCUT2D eigenvalue weighted by Crippen LogP contribution is -2.35. The molecule has 34 heavy (non-hydrogen) atoms. The van der Waals surface area contributed by atoms with Crippen molar-refractivity contribution in [2.45, 2.75) is 39.8 Å². The Balaban J connectivity index is 1.53. The van der Waals surface area contributed by atoms with Gasteiger partial charge in [0.1, 0.15) is 5.82 Å². The van der Waals surface area contributed by atoms with Crippen molar-refractivity contribution in [2.75, 3.05) is 0 Å². The normalized spacial score (nSPS) is 11.4. The monoisotopic (exact) mass is 456 g/mol. The third kappa shape index (κ3) is 3.72. The minimum Gasteiger partial charge on any atom is -0.318 e. The van der Waals surface area contributed by atoms with Crippen LogP contribution in [0, 0.1) is 0 Å². The first kappa shape index (κ1) is 21.5. The molecule has 0 atom stereocenters. The third-order valence-electron chi connectivity index (χ3n) is 5.85. The smallest absolute Gasteiger partial charge is 0.318 e. The molecular weight excluding hydrogens is 432 g/mol. The van der Waals surface area contributed by atoms with Gasteiger partial charge in [-0.1, -0.05) is 62.4 Å². The van der Waals surface area contributed by atoms with Gasteiger partial charge in [-0.25, -0.2) is 9.78 Å². The first-order chi connectivity index (χ1) is 16.6. The minimum atomic E-state index is -0.420. The largest absolute Gasteiger partial charge is 0.330 e. The fourth-order valence-corrected chi connectivity index (χ4v) is 4.24. The van der Waals surface area contributed by atoms with Gasteiger partial charge in [-0.15, -0.1) is 10.2 Å². The van der Waals surface area contributed by atoms with Crippen LogP contribution in [0.4, 0.5) is 0 Å². The Labute approximate surface area is 194 Å². The fourth-order valence-electron chi connectivity index (χ4n) is 4.24. The van der Waals surface area contributed by atoms with E-state index in [4.69, 9.17) is 0 Å². The van der Waals surface area contributed by atoms with Gasteiger partial charge in [0.2, 0.25) is 5.82 Å². The second-order valence-electron chi connectivity index (χ2n) is 8.03. The van der Waals surface area contributed by atoms with Crippen LogP contribution >= 0.6 is 0 Å². The van der Waals surface area contributed by atoms with Crippen molar-refractivity contribution in [3.63, 3.8) is 0 Å². The summed E-state index contributed by atoms with van der Waals surface area (Å²) in [6.07, 6.45) is 1.33. The Hall–Kier alpha value is -4.34. The molecule has 2 N–H and O–H groups in total. The first-order valence-corrected chi connectivity index (χ1v) is 11.2. The van der Waals surface area contributed by atoms with Gasteiger partial charge in [-0.05, 0) is 28.3 Å². The van der Waals surface area contributed by atoms with E-state index in [1.54, 1.807) is 0 Å². The molecule has 0 fully saturated rings. The van der Waals surface area contributed by atoms with Crippen molar-refractivity contribution >= 4 is 11.2 Å². The summed E-state index contributed by atoms with van der Waals surface area (Å²) in [6, 6.07) is 16.0. The van der Waals surface area contributed by atoms with Gasteiger partial charge in [-0.2, -0.15) is 5.21 Å². The van der Waals surface area contributed by atoms with E-state index in [-0.39, 0.29) is 5.56 Å². The number of nitrogens with one attached hydrogen (secondary N) is 2. The van der Waals surface area contributed by atoms with E-state index in [9.17, 15) is 9.59 Å². The fraction of sp³-hybridized carbons (Fsp3) is 0.250. The molecule has 0 amide bonds. The molecule has 0 saturated heterocycles. The summed E-state index contributed by atoms with van der Waals surface area (Å²) in [7, 11) is 0. The number of rotatable bonds is 7. The Morgan fingerprint density at radius 3 is 2.38 bits per heavy atom. The standard InChI is InChI=1S/C24H24N8O2/c1-3-13-31-23(33)20-22(26-24(31)34)25-19(4-2)32(20)14-15-9-11-16(12-10-15)17-7-5-6-8-18(17)21-27-29-30-28-21/h5-12H,3-4,13-14H2,1-2H3,(H,26,34)(H,27,28,29,30). The summed E-state index contributed by atoms with van der Waals surface area (Å²) in [4.78, 5) is 32.8. The molecule has 0 aliphatic rings. The Morgan fingerprint density at radius 2 is 1.71 bits per heavy atom. The second kappa shape index (κ2) is 8.89. The quantitative estimate of drug-likeness (QED) is 0.388. The summed E-state index contributed by atoms with van der Waals surface area (Å²) in [5.74, 6) is 1.29. The van der Waals surface area contributed by atoms with Gasteiger partial charge in [0.05, 0.1) is 0 Å². The molecule has 0 aliphatic heterocycles. The predicted molar refractivity (Wildman–Crippen MR) is 128 cm³/mol. The zero-order chi connectivity index (χ0) is 23.7. The Bertz CT molecular complexity index is 1560. The van der Waals surface area contributed by atoms with Crippen molar-refractivity contribution in [3.05, 3.63) is 80.8 Å². The van der Waals surface area contributed by atoms with E-state index in [0.717, 1.165) is 28.1 Å². The van der Waals surface area contributed by atoms with Gasteiger partial charge < -0.3 is 4.57 Å². The minimum absolute atomic E-state index is 0.307.